The van der Waals surface area contributed by atoms with E-state index in [4.69, 9.17) is 9.47 Å². The zero-order valence-electron chi connectivity index (χ0n) is 16.8. The molecule has 0 aromatic heterocycles. The Labute approximate surface area is 178 Å². The number of carbonyl (C=O) groups excluding carboxylic acids is 2. The molecule has 6 nitrogen and oxygen atoms in total. The van der Waals surface area contributed by atoms with Crippen molar-refractivity contribution < 1.29 is 23.5 Å². The molecule has 0 aliphatic carbocycles. The van der Waals surface area contributed by atoms with Crippen molar-refractivity contribution in [3.8, 4) is 11.1 Å². The van der Waals surface area contributed by atoms with E-state index in [9.17, 15) is 14.0 Å². The van der Waals surface area contributed by atoms with Crippen LogP contribution in [0.1, 0.15) is 17.7 Å². The van der Waals surface area contributed by atoms with Gasteiger partial charge in [0.15, 0.2) is 0 Å². The first-order chi connectivity index (χ1) is 14.5. The number of rotatable bonds is 7. The van der Waals surface area contributed by atoms with Crippen molar-refractivity contribution in [1.29, 1.82) is 0 Å². The molecule has 1 N–H and O–H groups in total. The fraction of sp³-hybridized carbons (Fsp3) is 0.364. The molecule has 2 aliphatic heterocycles. The molecule has 8 heteroatoms. The van der Waals surface area contributed by atoms with Gasteiger partial charge in [0, 0.05) is 12.5 Å². The monoisotopic (exact) mass is 430 g/mol. The number of halogens is 1. The van der Waals surface area contributed by atoms with Crippen LogP contribution in [0.5, 0.6) is 0 Å². The standard InChI is InChI=1S/C22H23FN2O4S/c1-13(26)24-10-17-11-25(22(27)29-17)16-7-8-18(19(23)9-16)14-3-5-15(6-4-14)21(30-2)20-12-28-20/h3-9,17,20-21H,10-12H2,1-2H3,(H,24,26)/t17-,20?,21?/m0/s1. The van der Waals surface area contributed by atoms with E-state index in [1.165, 1.54) is 17.9 Å². The molecule has 2 aromatic rings. The summed E-state index contributed by atoms with van der Waals surface area (Å²) in [6.07, 6.45) is 1.31. The highest BCUT2D eigenvalue weighted by molar-refractivity contribution is 7.98. The number of nitrogens with zero attached hydrogens (tertiary/aromatic N) is 1. The molecule has 4 rings (SSSR count). The van der Waals surface area contributed by atoms with Crippen LogP contribution in [0.15, 0.2) is 42.5 Å². The fourth-order valence-corrected chi connectivity index (χ4v) is 4.48. The van der Waals surface area contributed by atoms with E-state index in [1.807, 2.05) is 24.3 Å². The number of carbonyl (C=O) groups is 2. The van der Waals surface area contributed by atoms with Crippen LogP contribution in [0.4, 0.5) is 14.9 Å². The summed E-state index contributed by atoms with van der Waals surface area (Å²) in [7, 11) is 0. The molecular weight excluding hydrogens is 407 g/mol. The highest BCUT2D eigenvalue weighted by Crippen LogP contribution is 2.38. The molecule has 0 radical (unpaired) electrons. The molecule has 2 amide bonds. The van der Waals surface area contributed by atoms with Gasteiger partial charge in [-0.3, -0.25) is 9.69 Å². The Balaban J connectivity index is 1.48. The zero-order valence-corrected chi connectivity index (χ0v) is 17.6. The Morgan fingerprint density at radius 3 is 2.63 bits per heavy atom. The van der Waals surface area contributed by atoms with Crippen LogP contribution in [0.3, 0.4) is 0 Å². The summed E-state index contributed by atoms with van der Waals surface area (Å²) < 4.78 is 25.5. The van der Waals surface area contributed by atoms with Gasteiger partial charge in [-0.2, -0.15) is 11.8 Å². The van der Waals surface area contributed by atoms with Crippen LogP contribution in [0.25, 0.3) is 11.1 Å². The first kappa shape index (κ1) is 20.7. The van der Waals surface area contributed by atoms with Gasteiger partial charge >= 0.3 is 6.09 Å². The summed E-state index contributed by atoms with van der Waals surface area (Å²) in [5.74, 6) is -0.607. The second-order valence-corrected chi connectivity index (χ2v) is 8.35. The number of benzene rings is 2. The normalized spacial score (nSPS) is 21.3. The number of thioether (sulfide) groups is 1. The van der Waals surface area contributed by atoms with Crippen LogP contribution in [-0.2, 0) is 14.3 Å². The number of anilines is 1. The molecule has 0 bridgehead atoms. The van der Waals surface area contributed by atoms with Gasteiger partial charge in [-0.15, -0.1) is 0 Å². The van der Waals surface area contributed by atoms with E-state index in [0.717, 1.165) is 17.7 Å². The Morgan fingerprint density at radius 2 is 2.03 bits per heavy atom. The molecular formula is C22H23FN2O4S. The largest absolute Gasteiger partial charge is 0.442 e. The maximum atomic E-state index is 14.9. The van der Waals surface area contributed by atoms with E-state index in [-0.39, 0.29) is 30.4 Å². The average molecular weight is 431 g/mol. The minimum atomic E-state index is -0.549. The molecule has 0 saturated carbocycles. The predicted octanol–water partition coefficient (Wildman–Crippen LogP) is 3.76. The summed E-state index contributed by atoms with van der Waals surface area (Å²) in [6, 6.07) is 12.6. The molecule has 2 aliphatic rings. The number of epoxide rings is 1. The maximum absolute atomic E-state index is 14.9. The first-order valence-electron chi connectivity index (χ1n) is 9.73. The van der Waals surface area contributed by atoms with E-state index >= 15 is 0 Å². The lowest BCUT2D eigenvalue weighted by atomic mass is 10.0. The van der Waals surface area contributed by atoms with Gasteiger partial charge in [-0.1, -0.05) is 24.3 Å². The lowest BCUT2D eigenvalue weighted by Crippen LogP contribution is -2.33. The van der Waals surface area contributed by atoms with E-state index < -0.39 is 18.0 Å². The summed E-state index contributed by atoms with van der Waals surface area (Å²) in [6.45, 7) is 2.67. The van der Waals surface area contributed by atoms with E-state index in [2.05, 4.69) is 11.6 Å². The van der Waals surface area contributed by atoms with Crippen molar-refractivity contribution >= 4 is 29.4 Å². The number of cyclic esters (lactones) is 1. The van der Waals surface area contributed by atoms with Crippen molar-refractivity contribution in [2.24, 2.45) is 0 Å². The van der Waals surface area contributed by atoms with Crippen LogP contribution < -0.4 is 10.2 Å². The minimum absolute atomic E-state index is 0.195. The van der Waals surface area contributed by atoms with Crippen LogP contribution in [-0.4, -0.2) is 50.2 Å². The van der Waals surface area contributed by atoms with Gasteiger partial charge < -0.3 is 14.8 Å². The van der Waals surface area contributed by atoms with Crippen molar-refractivity contribution in [2.75, 3.05) is 30.9 Å². The molecule has 30 heavy (non-hydrogen) atoms. The smallest absolute Gasteiger partial charge is 0.414 e. The number of nitrogens with one attached hydrogen (secondary N) is 1. The molecule has 0 spiro atoms. The summed E-state index contributed by atoms with van der Waals surface area (Å²) in [4.78, 5) is 24.6. The number of hydrogen-bond acceptors (Lipinski definition) is 5. The van der Waals surface area contributed by atoms with Crippen molar-refractivity contribution in [1.82, 2.24) is 5.32 Å². The van der Waals surface area contributed by atoms with Gasteiger partial charge in [0.05, 0.1) is 36.7 Å². The Bertz CT molecular complexity index is 949. The molecule has 2 heterocycles. The van der Waals surface area contributed by atoms with Crippen molar-refractivity contribution in [2.45, 2.75) is 24.4 Å². The van der Waals surface area contributed by atoms with Gasteiger partial charge in [0.25, 0.3) is 0 Å². The van der Waals surface area contributed by atoms with Crippen LogP contribution in [0, 0.1) is 5.82 Å². The van der Waals surface area contributed by atoms with Crippen LogP contribution in [0.2, 0.25) is 0 Å². The quantitative estimate of drug-likeness (QED) is 0.678. The summed E-state index contributed by atoms with van der Waals surface area (Å²) >= 11 is 1.75. The lowest BCUT2D eigenvalue weighted by Gasteiger charge is -2.15. The van der Waals surface area contributed by atoms with Gasteiger partial charge in [0.1, 0.15) is 11.9 Å². The van der Waals surface area contributed by atoms with Crippen LogP contribution >= 0.6 is 11.8 Å². The number of ether oxygens (including phenoxy) is 2. The highest BCUT2D eigenvalue weighted by Gasteiger charge is 2.34. The second-order valence-electron chi connectivity index (χ2n) is 7.37. The average Bonchev–Trinajstić information content (AvgIpc) is 3.49. The Kier molecular flexibility index (Phi) is 5.97. The number of hydrogen-bond donors (Lipinski definition) is 1. The first-order valence-corrected chi connectivity index (χ1v) is 11.0. The van der Waals surface area contributed by atoms with E-state index in [1.54, 1.807) is 23.9 Å². The van der Waals surface area contributed by atoms with Crippen molar-refractivity contribution in [3.05, 3.63) is 53.8 Å². The second kappa shape index (κ2) is 8.65. The molecule has 3 atom stereocenters. The number of amides is 2. The predicted molar refractivity (Wildman–Crippen MR) is 114 cm³/mol. The topological polar surface area (TPSA) is 71.2 Å². The minimum Gasteiger partial charge on any atom is -0.442 e. The summed E-state index contributed by atoms with van der Waals surface area (Å²) in [5, 5.41) is 2.91. The van der Waals surface area contributed by atoms with Crippen molar-refractivity contribution in [3.63, 3.8) is 0 Å². The third-order valence-corrected chi connectivity index (χ3v) is 6.30. The molecule has 158 valence electrons. The lowest BCUT2D eigenvalue weighted by molar-refractivity contribution is -0.119. The summed E-state index contributed by atoms with van der Waals surface area (Å²) in [5.41, 5.74) is 2.83. The molecule has 2 unspecified atom stereocenters. The molecule has 2 fully saturated rings. The third-order valence-electron chi connectivity index (χ3n) is 5.22. The van der Waals surface area contributed by atoms with Gasteiger partial charge in [0.2, 0.25) is 5.91 Å². The van der Waals surface area contributed by atoms with E-state index in [0.29, 0.717) is 11.3 Å². The SMILES string of the molecule is CSC(c1ccc(-c2ccc(N3C[C@H](CNC(C)=O)OC3=O)cc2F)cc1)C1CO1. The fourth-order valence-electron chi connectivity index (χ4n) is 3.59. The molecule has 2 aromatic carbocycles. The maximum Gasteiger partial charge on any atom is 0.414 e. The van der Waals surface area contributed by atoms with Gasteiger partial charge in [-0.05, 0) is 35.6 Å². The zero-order chi connectivity index (χ0) is 21.3. The highest BCUT2D eigenvalue weighted by atomic mass is 32.2. The third kappa shape index (κ3) is 4.44. The molecule has 2 saturated heterocycles. The van der Waals surface area contributed by atoms with Gasteiger partial charge in [-0.25, -0.2) is 9.18 Å². The Hall–Kier alpha value is -2.58. The Morgan fingerprint density at radius 1 is 1.30 bits per heavy atom.